The lowest BCUT2D eigenvalue weighted by Crippen LogP contribution is -2.58. The molecule has 28 heavy (non-hydrogen) atoms. The van der Waals surface area contributed by atoms with Crippen molar-refractivity contribution in [2.24, 2.45) is 0 Å². The van der Waals surface area contributed by atoms with Crippen molar-refractivity contribution in [3.05, 3.63) is 29.8 Å². The number of halogens is 2. The van der Waals surface area contributed by atoms with Gasteiger partial charge in [-0.3, -0.25) is 4.90 Å². The molecule has 2 heterocycles. The summed E-state index contributed by atoms with van der Waals surface area (Å²) in [7, 11) is -7.27. The summed E-state index contributed by atoms with van der Waals surface area (Å²) in [5.74, 6) is -1.87. The van der Waals surface area contributed by atoms with Gasteiger partial charge in [0.15, 0.2) is 0 Å². The zero-order valence-electron chi connectivity index (χ0n) is 15.9. The molecule has 1 atom stereocenters. The predicted octanol–water partition coefficient (Wildman–Crippen LogP) is 1.09. The third kappa shape index (κ3) is 4.09. The second-order valence-electron chi connectivity index (χ2n) is 7.42. The minimum atomic E-state index is -3.99. The lowest BCUT2D eigenvalue weighted by Gasteiger charge is -2.45. The summed E-state index contributed by atoms with van der Waals surface area (Å²) in [6, 6.07) is 2.27. The number of rotatable bonds is 5. The molecule has 0 aliphatic carbocycles. The summed E-state index contributed by atoms with van der Waals surface area (Å²) in [6.45, 7) is 4.08. The van der Waals surface area contributed by atoms with Crippen molar-refractivity contribution in [2.45, 2.75) is 30.2 Å². The van der Waals surface area contributed by atoms with Crippen molar-refractivity contribution < 1.29 is 25.6 Å². The van der Waals surface area contributed by atoms with Crippen LogP contribution in [0.1, 0.15) is 19.8 Å². The third-order valence-corrected chi connectivity index (χ3v) is 8.93. The summed E-state index contributed by atoms with van der Waals surface area (Å²) in [5, 5.41) is 0. The molecule has 2 aliphatic rings. The summed E-state index contributed by atoms with van der Waals surface area (Å²) in [6.07, 6.45) is 2.64. The number of benzene rings is 1. The van der Waals surface area contributed by atoms with E-state index in [1.54, 1.807) is 0 Å². The lowest BCUT2D eigenvalue weighted by atomic mass is 9.92. The Bertz CT molecular complexity index is 927. The Morgan fingerprint density at radius 1 is 0.929 bits per heavy atom. The molecule has 0 spiro atoms. The molecule has 158 valence electrons. The Kier molecular flexibility index (Phi) is 5.85. The fourth-order valence-corrected chi connectivity index (χ4v) is 6.46. The summed E-state index contributed by atoms with van der Waals surface area (Å²) >= 11 is 0. The van der Waals surface area contributed by atoms with Crippen molar-refractivity contribution in [2.75, 3.05) is 45.5 Å². The first-order valence-electron chi connectivity index (χ1n) is 9.14. The van der Waals surface area contributed by atoms with Gasteiger partial charge in [-0.25, -0.2) is 29.9 Å². The summed E-state index contributed by atoms with van der Waals surface area (Å²) < 4.78 is 78.8. The Morgan fingerprint density at radius 3 is 1.96 bits per heavy atom. The van der Waals surface area contributed by atoms with Gasteiger partial charge < -0.3 is 0 Å². The summed E-state index contributed by atoms with van der Waals surface area (Å²) in [5.41, 5.74) is -0.316. The molecule has 1 aromatic rings. The first-order valence-corrected chi connectivity index (χ1v) is 12.4. The molecule has 1 aromatic carbocycles. The highest BCUT2D eigenvalue weighted by atomic mass is 32.2. The average Bonchev–Trinajstić information content (AvgIpc) is 3.07. The first-order chi connectivity index (χ1) is 13.0. The van der Waals surface area contributed by atoms with Crippen molar-refractivity contribution in [3.8, 4) is 0 Å². The van der Waals surface area contributed by atoms with Crippen molar-refractivity contribution in [1.82, 2.24) is 13.5 Å². The molecule has 0 N–H and O–H groups in total. The normalized spacial score (nSPS) is 26.0. The Balaban J connectivity index is 1.73. The maximum absolute atomic E-state index is 13.4. The zero-order chi connectivity index (χ0) is 20.7. The van der Waals surface area contributed by atoms with Crippen LogP contribution in [0.2, 0.25) is 0 Å². The van der Waals surface area contributed by atoms with Gasteiger partial charge >= 0.3 is 0 Å². The van der Waals surface area contributed by atoms with Gasteiger partial charge in [0.2, 0.25) is 20.0 Å². The van der Waals surface area contributed by atoms with E-state index >= 15 is 0 Å². The van der Waals surface area contributed by atoms with Crippen molar-refractivity contribution in [1.29, 1.82) is 0 Å². The van der Waals surface area contributed by atoms with Gasteiger partial charge in [-0.15, -0.1) is 0 Å². The Morgan fingerprint density at radius 2 is 1.50 bits per heavy atom. The smallest absolute Gasteiger partial charge is 0.243 e. The predicted molar refractivity (Wildman–Crippen MR) is 101 cm³/mol. The van der Waals surface area contributed by atoms with Crippen molar-refractivity contribution >= 4 is 20.0 Å². The van der Waals surface area contributed by atoms with E-state index in [-0.39, 0.29) is 18.6 Å². The van der Waals surface area contributed by atoms with Gasteiger partial charge in [0, 0.05) is 50.9 Å². The van der Waals surface area contributed by atoms with E-state index in [1.165, 1.54) is 14.9 Å². The van der Waals surface area contributed by atoms with E-state index < -0.39 is 36.6 Å². The largest absolute Gasteiger partial charge is 0.294 e. The molecule has 0 radical (unpaired) electrons. The van der Waals surface area contributed by atoms with E-state index in [0.717, 1.165) is 18.6 Å². The van der Waals surface area contributed by atoms with Gasteiger partial charge in [-0.1, -0.05) is 6.92 Å². The fourth-order valence-electron chi connectivity index (χ4n) is 4.10. The lowest BCUT2D eigenvalue weighted by molar-refractivity contribution is 0.0600. The highest BCUT2D eigenvalue weighted by Gasteiger charge is 2.45. The quantitative estimate of drug-likeness (QED) is 0.689. The van der Waals surface area contributed by atoms with Crippen LogP contribution in [-0.2, 0) is 20.0 Å². The number of sulfonamides is 2. The van der Waals surface area contributed by atoms with E-state index in [0.29, 0.717) is 38.7 Å². The van der Waals surface area contributed by atoms with E-state index in [2.05, 4.69) is 4.90 Å². The standard InChI is InChI=1S/C17H25F2N3O4S2/c1-3-17(4-5-22(13-17)27(2,23)24)20-6-8-21(9-7-20)28(25,26)16-11-14(18)10-15(19)12-16/h10-12H,3-9,13H2,1-2H3/t17-/m0/s1. The zero-order valence-corrected chi connectivity index (χ0v) is 17.6. The summed E-state index contributed by atoms with van der Waals surface area (Å²) in [4.78, 5) is 1.75. The second kappa shape index (κ2) is 7.60. The maximum atomic E-state index is 13.4. The number of hydrogen-bond donors (Lipinski definition) is 0. The van der Waals surface area contributed by atoms with Gasteiger partial charge in [0.05, 0.1) is 11.2 Å². The van der Waals surface area contributed by atoms with Gasteiger partial charge in [-0.2, -0.15) is 4.31 Å². The van der Waals surface area contributed by atoms with E-state index in [4.69, 9.17) is 0 Å². The van der Waals surface area contributed by atoms with Gasteiger partial charge in [-0.05, 0) is 25.0 Å². The fraction of sp³-hybridized carbons (Fsp3) is 0.647. The molecule has 0 saturated carbocycles. The van der Waals surface area contributed by atoms with Crippen LogP contribution < -0.4 is 0 Å². The number of nitrogens with zero attached hydrogens (tertiary/aromatic N) is 3. The van der Waals surface area contributed by atoms with Crippen LogP contribution in [0.4, 0.5) is 8.78 Å². The van der Waals surface area contributed by atoms with Crippen LogP contribution in [0.5, 0.6) is 0 Å². The minimum Gasteiger partial charge on any atom is -0.294 e. The Labute approximate surface area is 165 Å². The maximum Gasteiger partial charge on any atom is 0.243 e. The van der Waals surface area contributed by atoms with Crippen molar-refractivity contribution in [3.63, 3.8) is 0 Å². The number of hydrogen-bond acceptors (Lipinski definition) is 5. The molecule has 2 fully saturated rings. The topological polar surface area (TPSA) is 78.0 Å². The van der Waals surface area contributed by atoms with Crippen LogP contribution in [-0.4, -0.2) is 81.4 Å². The molecule has 11 heteroatoms. The minimum absolute atomic E-state index is 0.182. The van der Waals surface area contributed by atoms with E-state index in [1.807, 2.05) is 6.92 Å². The highest BCUT2D eigenvalue weighted by molar-refractivity contribution is 7.89. The molecular formula is C17H25F2N3O4S2. The average molecular weight is 438 g/mol. The molecule has 2 saturated heterocycles. The molecule has 0 unspecified atom stereocenters. The van der Waals surface area contributed by atoms with Crippen LogP contribution in [0.15, 0.2) is 23.1 Å². The van der Waals surface area contributed by atoms with Gasteiger partial charge in [0.25, 0.3) is 0 Å². The molecule has 0 aromatic heterocycles. The van der Waals surface area contributed by atoms with Crippen LogP contribution in [0.3, 0.4) is 0 Å². The third-order valence-electron chi connectivity index (χ3n) is 5.81. The molecule has 0 amide bonds. The van der Waals surface area contributed by atoms with E-state index in [9.17, 15) is 25.6 Å². The van der Waals surface area contributed by atoms with Crippen LogP contribution in [0, 0.1) is 11.6 Å². The highest BCUT2D eigenvalue weighted by Crippen LogP contribution is 2.34. The van der Waals surface area contributed by atoms with Gasteiger partial charge in [0.1, 0.15) is 11.6 Å². The molecule has 7 nitrogen and oxygen atoms in total. The first kappa shape index (κ1) is 21.6. The molecule has 0 bridgehead atoms. The van der Waals surface area contributed by atoms with Crippen LogP contribution >= 0.6 is 0 Å². The Hall–Kier alpha value is -1.14. The molecular weight excluding hydrogens is 412 g/mol. The SMILES string of the molecule is CC[C@]1(N2CCN(S(=O)(=O)c3cc(F)cc(F)c3)CC2)CCN(S(C)(=O)=O)C1. The molecule has 3 rings (SSSR count). The monoisotopic (exact) mass is 437 g/mol. The number of piperazine rings is 1. The van der Waals surface area contributed by atoms with Crippen LogP contribution in [0.25, 0.3) is 0 Å². The molecule has 2 aliphatic heterocycles. The second-order valence-corrected chi connectivity index (χ2v) is 11.3.